The molecule has 0 atom stereocenters. The van der Waals surface area contributed by atoms with E-state index in [0.717, 1.165) is 0 Å². The first kappa shape index (κ1) is 8.87. The minimum absolute atomic E-state index is 0.133. The van der Waals surface area contributed by atoms with E-state index < -0.39 is 19.0 Å². The van der Waals surface area contributed by atoms with Crippen LogP contribution in [0.1, 0.15) is 6.92 Å². The van der Waals surface area contributed by atoms with Gasteiger partial charge in [-0.15, -0.1) is 0 Å². The summed E-state index contributed by atoms with van der Waals surface area (Å²) < 4.78 is 35.2. The molecule has 0 aromatic heterocycles. The van der Waals surface area contributed by atoms with Crippen molar-refractivity contribution in [2.45, 2.75) is 12.5 Å². The van der Waals surface area contributed by atoms with E-state index in [1.807, 2.05) is 0 Å². The maximum atomic E-state index is 11.7. The summed E-state index contributed by atoms with van der Waals surface area (Å²) in [6, 6.07) is 0. The van der Waals surface area contributed by atoms with Gasteiger partial charge in [0.2, 0.25) is 0 Å². The summed E-state index contributed by atoms with van der Waals surface area (Å²) >= 11 is 0. The Hall–Kier alpha value is -0.225. The van der Waals surface area contributed by atoms with Crippen molar-refractivity contribution in [1.82, 2.24) is 4.90 Å². The molecule has 0 radical (unpaired) electrons. The van der Waals surface area contributed by atoms with Crippen LogP contribution < -0.4 is 0 Å². The van der Waals surface area contributed by atoms with E-state index in [2.05, 4.69) is 0 Å². The molecule has 66 valence electrons. The fourth-order valence-corrected chi connectivity index (χ4v) is 1.34. The summed E-state index contributed by atoms with van der Waals surface area (Å²) in [5, 5.41) is 9.08. The lowest BCUT2D eigenvalue weighted by Crippen LogP contribution is -2.62. The second-order valence-corrected chi connectivity index (χ2v) is 3.38. The van der Waals surface area contributed by atoms with E-state index >= 15 is 0 Å². The molecule has 0 aliphatic carbocycles. The molecule has 1 saturated heterocycles. The molecule has 1 aliphatic rings. The largest absolute Gasteiger partial charge is 0.492 e. The van der Waals surface area contributed by atoms with E-state index in [0.29, 0.717) is 0 Å². The average Bonchev–Trinajstić information content (AvgIpc) is 1.53. The Morgan fingerprint density at radius 2 is 1.91 bits per heavy atom. The zero-order valence-corrected chi connectivity index (χ0v) is 6.23. The second-order valence-electron chi connectivity index (χ2n) is 3.38. The van der Waals surface area contributed by atoms with Crippen LogP contribution in [0.25, 0.3) is 0 Å². The molecule has 0 amide bonds. The van der Waals surface area contributed by atoms with Gasteiger partial charge in [0.15, 0.2) is 0 Å². The van der Waals surface area contributed by atoms with E-state index in [1.165, 1.54) is 11.8 Å². The van der Waals surface area contributed by atoms with Crippen molar-refractivity contribution in [1.29, 1.82) is 0 Å². The molecule has 0 aromatic rings. The van der Waals surface area contributed by atoms with Gasteiger partial charge in [-0.05, 0) is 13.4 Å². The molecule has 1 heterocycles. The maximum absolute atomic E-state index is 11.7. The molecule has 11 heavy (non-hydrogen) atoms. The van der Waals surface area contributed by atoms with Crippen LogP contribution in [-0.2, 0) is 0 Å². The first-order chi connectivity index (χ1) is 4.79. The second kappa shape index (κ2) is 2.38. The van der Waals surface area contributed by atoms with Gasteiger partial charge in [-0.1, -0.05) is 0 Å². The molecular weight excluding hydrogens is 158 g/mol. The van der Waals surface area contributed by atoms with Crippen molar-refractivity contribution in [3.8, 4) is 0 Å². The van der Waals surface area contributed by atoms with Crippen LogP contribution in [0.5, 0.6) is 0 Å². The van der Waals surface area contributed by atoms with E-state index in [-0.39, 0.29) is 13.1 Å². The van der Waals surface area contributed by atoms with Gasteiger partial charge in [-0.2, -0.15) is 0 Å². The average molecular weight is 168 g/mol. The predicted octanol–water partition coefficient (Wildman–Crippen LogP) is 0.440. The lowest BCUT2D eigenvalue weighted by atomic mass is 9.86. The first-order valence-electron chi connectivity index (χ1n) is 3.44. The highest BCUT2D eigenvalue weighted by Gasteiger charge is 2.39. The minimum atomic E-state index is -4.73. The van der Waals surface area contributed by atoms with Crippen LogP contribution in [0.3, 0.4) is 0 Å². The molecule has 1 aliphatic heterocycles. The summed E-state index contributed by atoms with van der Waals surface area (Å²) in [4.78, 5) is 1.19. The molecule has 1 fully saturated rings. The Morgan fingerprint density at radius 3 is 2.18 bits per heavy atom. The van der Waals surface area contributed by atoms with Crippen LogP contribution in [0.4, 0.5) is 12.9 Å². The summed E-state index contributed by atoms with van der Waals surface area (Å²) in [6.45, 7) is -2.92. The van der Waals surface area contributed by atoms with E-state index in [4.69, 9.17) is 5.11 Å². The highest BCUT2D eigenvalue weighted by atomic mass is 19.4. The Kier molecular flexibility index (Phi) is 1.92. The molecule has 0 spiro atoms. The zero-order chi connectivity index (χ0) is 8.70. The van der Waals surface area contributed by atoms with Gasteiger partial charge in [0.25, 0.3) is 0 Å². The smallest absolute Gasteiger partial charge is 0.448 e. The molecule has 6 heteroatoms. The fraction of sp³-hybridized carbons (Fsp3) is 1.00. The van der Waals surface area contributed by atoms with E-state index in [9.17, 15) is 12.9 Å². The van der Waals surface area contributed by atoms with Crippen LogP contribution in [0.15, 0.2) is 0 Å². The Morgan fingerprint density at radius 1 is 1.45 bits per heavy atom. The van der Waals surface area contributed by atoms with Gasteiger partial charge in [0.1, 0.15) is 0 Å². The third-order valence-electron chi connectivity index (χ3n) is 1.59. The summed E-state index contributed by atoms with van der Waals surface area (Å²) in [5.74, 6) is 0. The van der Waals surface area contributed by atoms with Crippen LogP contribution in [-0.4, -0.2) is 42.1 Å². The van der Waals surface area contributed by atoms with E-state index in [1.54, 1.807) is 0 Å². The standard InChI is InChI=1S/C5H10BF3NO/c1-5(11)2-10(3-5)4-6(7,8)9/h11H,2-4H2,1H3/q-1. The number of rotatable bonds is 2. The van der Waals surface area contributed by atoms with Gasteiger partial charge in [0.05, 0.1) is 5.60 Å². The topological polar surface area (TPSA) is 23.5 Å². The maximum Gasteiger partial charge on any atom is 0.492 e. The molecule has 0 aromatic carbocycles. The number of nitrogens with zero attached hydrogens (tertiary/aromatic N) is 1. The van der Waals surface area contributed by atoms with Crippen molar-refractivity contribution in [2.75, 3.05) is 19.5 Å². The number of hydrogen-bond acceptors (Lipinski definition) is 2. The van der Waals surface area contributed by atoms with Crippen LogP contribution >= 0.6 is 0 Å². The quantitative estimate of drug-likeness (QED) is 0.604. The highest BCUT2D eigenvalue weighted by Crippen LogP contribution is 2.22. The van der Waals surface area contributed by atoms with Gasteiger partial charge in [0, 0.05) is 13.1 Å². The number of β-amino-alcohol motifs (C(OH)–C–C–N with tert-alkyl or cyclic N) is 1. The summed E-state index contributed by atoms with van der Waals surface area (Å²) in [7, 11) is 0. The van der Waals surface area contributed by atoms with Gasteiger partial charge < -0.3 is 23.0 Å². The van der Waals surface area contributed by atoms with Crippen LogP contribution in [0.2, 0.25) is 0 Å². The van der Waals surface area contributed by atoms with Crippen molar-refractivity contribution >= 4 is 6.98 Å². The molecule has 0 bridgehead atoms. The predicted molar refractivity (Wildman–Crippen MR) is 36.1 cm³/mol. The molecule has 2 nitrogen and oxygen atoms in total. The third kappa shape index (κ3) is 2.71. The normalized spacial score (nSPS) is 24.8. The number of hydrogen-bond donors (Lipinski definition) is 1. The fourth-order valence-electron chi connectivity index (χ4n) is 1.34. The monoisotopic (exact) mass is 168 g/mol. The molecule has 0 saturated carbocycles. The lowest BCUT2D eigenvalue weighted by Gasteiger charge is -2.46. The highest BCUT2D eigenvalue weighted by molar-refractivity contribution is 6.58. The zero-order valence-electron chi connectivity index (χ0n) is 6.23. The number of halogens is 3. The summed E-state index contributed by atoms with van der Waals surface area (Å²) in [6.07, 6.45) is -0.851. The number of likely N-dealkylation sites (tertiary alicyclic amines) is 1. The van der Waals surface area contributed by atoms with Crippen LogP contribution in [0, 0.1) is 0 Å². The van der Waals surface area contributed by atoms with Crippen molar-refractivity contribution in [2.24, 2.45) is 0 Å². The molecule has 1 rings (SSSR count). The van der Waals surface area contributed by atoms with Gasteiger partial charge in [-0.25, -0.2) is 0 Å². The Balaban J connectivity index is 2.24. The van der Waals surface area contributed by atoms with Gasteiger partial charge in [-0.3, -0.25) is 0 Å². The summed E-state index contributed by atoms with van der Waals surface area (Å²) in [5.41, 5.74) is -0.901. The van der Waals surface area contributed by atoms with Gasteiger partial charge >= 0.3 is 6.98 Å². The minimum Gasteiger partial charge on any atom is -0.448 e. The van der Waals surface area contributed by atoms with Crippen molar-refractivity contribution in [3.05, 3.63) is 0 Å². The van der Waals surface area contributed by atoms with Crippen molar-refractivity contribution in [3.63, 3.8) is 0 Å². The lowest BCUT2D eigenvalue weighted by molar-refractivity contribution is -0.0779. The Bertz CT molecular complexity index is 150. The van der Waals surface area contributed by atoms with Crippen molar-refractivity contribution < 1.29 is 18.1 Å². The first-order valence-corrected chi connectivity index (χ1v) is 3.44. The number of aliphatic hydroxyl groups is 1. The molecule has 0 unspecified atom stereocenters. The molecule has 1 N–H and O–H groups in total. The third-order valence-corrected chi connectivity index (χ3v) is 1.59. The SMILES string of the molecule is CC1(O)CN(C[B-](F)(F)F)C1. The molecular formula is C5H10BF3NO-. The Labute approximate surface area is 63.0 Å².